The summed E-state index contributed by atoms with van der Waals surface area (Å²) in [4.78, 5) is 24.3. The van der Waals surface area contributed by atoms with Crippen LogP contribution in [0.2, 0.25) is 0 Å². The molecule has 0 aromatic carbocycles. The predicted octanol–water partition coefficient (Wildman–Crippen LogP) is 0.257. The van der Waals surface area contributed by atoms with Crippen LogP contribution in [0.3, 0.4) is 0 Å². The first-order valence-electron chi connectivity index (χ1n) is 4.21. The van der Waals surface area contributed by atoms with Gasteiger partial charge in [0.15, 0.2) is 0 Å². The fraction of sp³-hybridized carbons (Fsp3) is 0.556. The first-order chi connectivity index (χ1) is 5.95. The molecule has 1 atom stereocenters. The van der Waals surface area contributed by atoms with E-state index in [0.29, 0.717) is 5.70 Å². The van der Waals surface area contributed by atoms with Gasteiger partial charge in [-0.1, -0.05) is 0 Å². The zero-order valence-electron chi connectivity index (χ0n) is 8.34. The Balaban J connectivity index is 3.07. The Hall–Kier alpha value is -1.32. The molecular weight excluding hydrogens is 168 g/mol. The lowest BCUT2D eigenvalue weighted by molar-refractivity contribution is -0.138. The van der Waals surface area contributed by atoms with Gasteiger partial charge in [0.25, 0.3) is 5.91 Å². The second-order valence-corrected chi connectivity index (χ2v) is 3.44. The van der Waals surface area contributed by atoms with Crippen LogP contribution in [0.25, 0.3) is 0 Å². The van der Waals surface area contributed by atoms with Crippen molar-refractivity contribution < 1.29 is 9.59 Å². The van der Waals surface area contributed by atoms with E-state index in [4.69, 9.17) is 0 Å². The van der Waals surface area contributed by atoms with Crippen LogP contribution in [-0.4, -0.2) is 29.8 Å². The SMILES string of the molecule is CC(C)=C1C(=O)NC(C)C(=O)N1C. The zero-order valence-corrected chi connectivity index (χ0v) is 8.34. The molecule has 1 heterocycles. The highest BCUT2D eigenvalue weighted by Gasteiger charge is 2.31. The summed E-state index contributed by atoms with van der Waals surface area (Å²) >= 11 is 0. The van der Waals surface area contributed by atoms with Gasteiger partial charge in [0, 0.05) is 7.05 Å². The van der Waals surface area contributed by atoms with E-state index < -0.39 is 6.04 Å². The molecule has 0 aromatic heterocycles. The number of piperazine rings is 1. The topological polar surface area (TPSA) is 49.4 Å². The summed E-state index contributed by atoms with van der Waals surface area (Å²) < 4.78 is 0. The molecule has 72 valence electrons. The molecule has 4 heteroatoms. The average Bonchev–Trinajstić information content (AvgIpc) is 1.99. The van der Waals surface area contributed by atoms with E-state index >= 15 is 0 Å². The van der Waals surface area contributed by atoms with E-state index in [2.05, 4.69) is 5.32 Å². The van der Waals surface area contributed by atoms with E-state index in [1.807, 2.05) is 13.8 Å². The lowest BCUT2D eigenvalue weighted by atomic mass is 10.1. The van der Waals surface area contributed by atoms with E-state index in [0.717, 1.165) is 5.57 Å². The Morgan fingerprint density at radius 2 is 1.92 bits per heavy atom. The monoisotopic (exact) mass is 182 g/mol. The molecule has 0 radical (unpaired) electrons. The molecule has 1 aliphatic heterocycles. The maximum Gasteiger partial charge on any atom is 0.268 e. The van der Waals surface area contributed by atoms with Crippen LogP contribution in [0.5, 0.6) is 0 Å². The smallest absolute Gasteiger partial charge is 0.268 e. The molecule has 0 aromatic rings. The van der Waals surface area contributed by atoms with Crippen molar-refractivity contribution in [2.24, 2.45) is 0 Å². The molecule has 0 saturated carbocycles. The van der Waals surface area contributed by atoms with Gasteiger partial charge in [-0.25, -0.2) is 0 Å². The van der Waals surface area contributed by atoms with Crippen molar-refractivity contribution in [3.05, 3.63) is 11.3 Å². The Kier molecular flexibility index (Phi) is 2.40. The molecule has 1 rings (SSSR count). The summed E-state index contributed by atoms with van der Waals surface area (Å²) in [5, 5.41) is 2.60. The van der Waals surface area contributed by atoms with Crippen LogP contribution >= 0.6 is 0 Å². The average molecular weight is 182 g/mol. The largest absolute Gasteiger partial charge is 0.339 e. The Morgan fingerprint density at radius 3 is 2.38 bits per heavy atom. The van der Waals surface area contributed by atoms with Crippen LogP contribution < -0.4 is 5.32 Å². The molecule has 13 heavy (non-hydrogen) atoms. The second kappa shape index (κ2) is 3.20. The molecule has 2 amide bonds. The van der Waals surface area contributed by atoms with Gasteiger partial charge in [-0.2, -0.15) is 0 Å². The highest BCUT2D eigenvalue weighted by Crippen LogP contribution is 2.14. The van der Waals surface area contributed by atoms with Crippen molar-refractivity contribution >= 4 is 11.8 Å². The van der Waals surface area contributed by atoms with Crippen LogP contribution in [0.1, 0.15) is 20.8 Å². The minimum Gasteiger partial charge on any atom is -0.339 e. The third kappa shape index (κ3) is 1.56. The lowest BCUT2D eigenvalue weighted by Crippen LogP contribution is -2.54. The van der Waals surface area contributed by atoms with Gasteiger partial charge in [-0.15, -0.1) is 0 Å². The van der Waals surface area contributed by atoms with Crippen molar-refractivity contribution in [2.75, 3.05) is 7.05 Å². The molecule has 0 bridgehead atoms. The zero-order chi connectivity index (χ0) is 10.2. The number of hydrogen-bond acceptors (Lipinski definition) is 2. The third-order valence-electron chi connectivity index (χ3n) is 2.07. The summed E-state index contributed by atoms with van der Waals surface area (Å²) in [6.45, 7) is 5.31. The number of carbonyl (C=O) groups is 2. The fourth-order valence-corrected chi connectivity index (χ4v) is 1.44. The van der Waals surface area contributed by atoms with Gasteiger partial charge in [-0.3, -0.25) is 9.59 Å². The number of hydrogen-bond donors (Lipinski definition) is 1. The van der Waals surface area contributed by atoms with E-state index in [9.17, 15) is 9.59 Å². The maximum absolute atomic E-state index is 11.5. The molecule has 1 N–H and O–H groups in total. The van der Waals surface area contributed by atoms with Crippen molar-refractivity contribution in [3.63, 3.8) is 0 Å². The highest BCUT2D eigenvalue weighted by molar-refractivity contribution is 6.04. The fourth-order valence-electron chi connectivity index (χ4n) is 1.44. The molecule has 1 saturated heterocycles. The molecular formula is C9H14N2O2. The Bertz CT molecular complexity index is 290. The van der Waals surface area contributed by atoms with E-state index in [1.165, 1.54) is 4.90 Å². The number of amides is 2. The van der Waals surface area contributed by atoms with Crippen LogP contribution in [0.15, 0.2) is 11.3 Å². The van der Waals surface area contributed by atoms with Crippen LogP contribution in [-0.2, 0) is 9.59 Å². The lowest BCUT2D eigenvalue weighted by Gasteiger charge is -2.30. The van der Waals surface area contributed by atoms with Gasteiger partial charge in [0.1, 0.15) is 11.7 Å². The van der Waals surface area contributed by atoms with Crippen molar-refractivity contribution in [1.29, 1.82) is 0 Å². The molecule has 4 nitrogen and oxygen atoms in total. The minimum atomic E-state index is -0.416. The Morgan fingerprint density at radius 1 is 1.38 bits per heavy atom. The summed E-state index contributed by atoms with van der Waals surface area (Å²) in [5.74, 6) is -0.245. The minimum absolute atomic E-state index is 0.0733. The maximum atomic E-state index is 11.5. The van der Waals surface area contributed by atoms with Crippen molar-refractivity contribution in [3.8, 4) is 0 Å². The summed E-state index contributed by atoms with van der Waals surface area (Å²) in [7, 11) is 1.62. The summed E-state index contributed by atoms with van der Waals surface area (Å²) in [6, 6.07) is -0.416. The van der Waals surface area contributed by atoms with Crippen LogP contribution in [0.4, 0.5) is 0 Å². The highest BCUT2D eigenvalue weighted by atomic mass is 16.2. The number of rotatable bonds is 0. The van der Waals surface area contributed by atoms with Gasteiger partial charge >= 0.3 is 0 Å². The summed E-state index contributed by atoms with van der Waals surface area (Å²) in [5.41, 5.74) is 1.31. The first-order valence-corrected chi connectivity index (χ1v) is 4.21. The van der Waals surface area contributed by atoms with E-state index in [1.54, 1.807) is 14.0 Å². The van der Waals surface area contributed by atoms with Gasteiger partial charge in [0.2, 0.25) is 5.91 Å². The number of carbonyl (C=O) groups excluding carboxylic acids is 2. The normalized spacial score (nSPS) is 23.2. The summed E-state index contributed by atoms with van der Waals surface area (Å²) in [6.07, 6.45) is 0. The van der Waals surface area contributed by atoms with Gasteiger partial charge < -0.3 is 10.2 Å². The van der Waals surface area contributed by atoms with E-state index in [-0.39, 0.29) is 11.8 Å². The molecule has 0 aliphatic carbocycles. The number of nitrogens with one attached hydrogen (secondary N) is 1. The molecule has 1 unspecified atom stereocenters. The first kappa shape index (κ1) is 9.77. The number of allylic oxidation sites excluding steroid dienone is 1. The molecule has 1 fully saturated rings. The number of likely N-dealkylation sites (N-methyl/N-ethyl adjacent to an activating group) is 1. The van der Waals surface area contributed by atoms with Crippen molar-refractivity contribution in [2.45, 2.75) is 26.8 Å². The van der Waals surface area contributed by atoms with Gasteiger partial charge in [0.05, 0.1) is 0 Å². The third-order valence-corrected chi connectivity index (χ3v) is 2.07. The molecule has 1 aliphatic rings. The number of nitrogens with zero attached hydrogens (tertiary/aromatic N) is 1. The standard InChI is InChI=1S/C9H14N2O2/c1-5(2)7-8(12)10-6(3)9(13)11(7)4/h6H,1-4H3,(H,10,12). The van der Waals surface area contributed by atoms with Gasteiger partial charge in [-0.05, 0) is 26.3 Å². The van der Waals surface area contributed by atoms with Crippen LogP contribution in [0, 0.1) is 0 Å². The van der Waals surface area contributed by atoms with Crippen molar-refractivity contribution in [1.82, 2.24) is 10.2 Å². The molecule has 0 spiro atoms. The quantitative estimate of drug-likeness (QED) is 0.546. The Labute approximate surface area is 77.6 Å². The predicted molar refractivity (Wildman–Crippen MR) is 48.7 cm³/mol. The second-order valence-electron chi connectivity index (χ2n) is 3.44.